The largest absolute Gasteiger partial charge is 0.493 e. The van der Waals surface area contributed by atoms with Crippen LogP contribution in [0.3, 0.4) is 0 Å². The Morgan fingerprint density at radius 2 is 2.07 bits per heavy atom. The van der Waals surface area contributed by atoms with Gasteiger partial charge in [0.05, 0.1) is 6.61 Å². The van der Waals surface area contributed by atoms with Crippen molar-refractivity contribution in [1.82, 2.24) is 0 Å². The Bertz CT molecular complexity index is 329. The Morgan fingerprint density at radius 3 is 2.73 bits per heavy atom. The van der Waals surface area contributed by atoms with Crippen molar-refractivity contribution >= 4 is 0 Å². The number of aryl methyl sites for hydroxylation is 1. The molecule has 2 rings (SSSR count). The maximum absolute atomic E-state index is 13.2. The molecule has 0 heterocycles. The number of benzene rings is 1. The summed E-state index contributed by atoms with van der Waals surface area (Å²) >= 11 is 0. The second kappa shape index (κ2) is 4.65. The normalized spacial score (nSPS) is 16.9. The van der Waals surface area contributed by atoms with Gasteiger partial charge in [-0.15, -0.1) is 0 Å². The van der Waals surface area contributed by atoms with E-state index in [0.29, 0.717) is 17.2 Å². The number of hydrogen-bond donors (Lipinski definition) is 0. The minimum Gasteiger partial charge on any atom is -0.493 e. The molecule has 0 aromatic heterocycles. The van der Waals surface area contributed by atoms with Crippen molar-refractivity contribution in [3.63, 3.8) is 0 Å². The lowest BCUT2D eigenvalue weighted by molar-refractivity contribution is 0.251. The van der Waals surface area contributed by atoms with E-state index in [1.165, 1.54) is 31.7 Å². The van der Waals surface area contributed by atoms with Crippen LogP contribution < -0.4 is 4.74 Å². The Kier molecular flexibility index (Phi) is 3.24. The Labute approximate surface area is 90.3 Å². The van der Waals surface area contributed by atoms with Gasteiger partial charge in [0.15, 0.2) is 0 Å². The Morgan fingerprint density at radius 1 is 1.33 bits per heavy atom. The third-order valence-corrected chi connectivity index (χ3v) is 3.10. The van der Waals surface area contributed by atoms with Crippen LogP contribution in [0.15, 0.2) is 18.2 Å². The molecule has 15 heavy (non-hydrogen) atoms. The van der Waals surface area contributed by atoms with Gasteiger partial charge in [0.2, 0.25) is 0 Å². The highest BCUT2D eigenvalue weighted by Crippen LogP contribution is 2.26. The summed E-state index contributed by atoms with van der Waals surface area (Å²) in [5.74, 6) is 1.15. The molecule has 0 spiro atoms. The van der Waals surface area contributed by atoms with Crippen LogP contribution in [0.25, 0.3) is 0 Å². The van der Waals surface area contributed by atoms with Gasteiger partial charge in [-0.2, -0.15) is 0 Å². The molecule has 1 aromatic carbocycles. The first-order valence-corrected chi connectivity index (χ1v) is 5.64. The fourth-order valence-electron chi connectivity index (χ4n) is 2.05. The minimum absolute atomic E-state index is 0.182. The van der Waals surface area contributed by atoms with Crippen molar-refractivity contribution in [3.05, 3.63) is 29.6 Å². The third kappa shape index (κ3) is 2.71. The summed E-state index contributed by atoms with van der Waals surface area (Å²) in [6.45, 7) is 2.50. The van der Waals surface area contributed by atoms with E-state index in [1.54, 1.807) is 13.0 Å². The Hall–Kier alpha value is -1.05. The average molecular weight is 208 g/mol. The topological polar surface area (TPSA) is 9.23 Å². The zero-order chi connectivity index (χ0) is 10.7. The molecule has 1 aliphatic carbocycles. The van der Waals surface area contributed by atoms with Crippen LogP contribution in [0.4, 0.5) is 4.39 Å². The summed E-state index contributed by atoms with van der Waals surface area (Å²) < 4.78 is 18.8. The lowest BCUT2D eigenvalue weighted by Gasteiger charge is -2.11. The van der Waals surface area contributed by atoms with Crippen LogP contribution in [0, 0.1) is 18.7 Å². The molecule has 1 nitrogen and oxygen atoms in total. The summed E-state index contributed by atoms with van der Waals surface area (Å²) in [7, 11) is 0. The zero-order valence-corrected chi connectivity index (χ0v) is 9.13. The highest BCUT2D eigenvalue weighted by molar-refractivity contribution is 5.27. The smallest absolute Gasteiger partial charge is 0.129 e. The van der Waals surface area contributed by atoms with Crippen molar-refractivity contribution in [2.75, 3.05) is 6.61 Å². The molecule has 0 atom stereocenters. The molecule has 1 saturated carbocycles. The molecule has 0 aliphatic heterocycles. The average Bonchev–Trinajstić information content (AvgIpc) is 2.73. The molecule has 0 radical (unpaired) electrons. The quantitative estimate of drug-likeness (QED) is 0.736. The first-order valence-electron chi connectivity index (χ1n) is 5.64. The third-order valence-electron chi connectivity index (χ3n) is 3.10. The van der Waals surface area contributed by atoms with Crippen molar-refractivity contribution < 1.29 is 9.13 Å². The lowest BCUT2D eigenvalue weighted by Crippen LogP contribution is -2.08. The van der Waals surface area contributed by atoms with Gasteiger partial charge in [-0.3, -0.25) is 0 Å². The van der Waals surface area contributed by atoms with Crippen molar-refractivity contribution in [3.8, 4) is 5.75 Å². The number of hydrogen-bond acceptors (Lipinski definition) is 1. The van der Waals surface area contributed by atoms with Gasteiger partial charge in [0.25, 0.3) is 0 Å². The van der Waals surface area contributed by atoms with E-state index in [4.69, 9.17) is 4.74 Å². The molecular weight excluding hydrogens is 191 g/mol. The lowest BCUT2D eigenvalue weighted by atomic mass is 10.1. The van der Waals surface area contributed by atoms with Crippen molar-refractivity contribution in [1.29, 1.82) is 0 Å². The predicted octanol–water partition coefficient (Wildman–Crippen LogP) is 3.70. The SMILES string of the molecule is Cc1ccc(OCC2CCCC2)cc1F. The standard InChI is InChI=1S/C13H17FO/c1-10-6-7-12(8-13(10)14)15-9-11-4-2-3-5-11/h6-8,11H,2-5,9H2,1H3. The van der Waals surface area contributed by atoms with Crippen LogP contribution in [0.5, 0.6) is 5.75 Å². The van der Waals surface area contributed by atoms with Crippen LogP contribution in [0.2, 0.25) is 0 Å². The van der Waals surface area contributed by atoms with Crippen LogP contribution in [0.1, 0.15) is 31.2 Å². The van der Waals surface area contributed by atoms with Crippen LogP contribution >= 0.6 is 0 Å². The summed E-state index contributed by atoms with van der Waals surface area (Å²) in [5, 5.41) is 0. The summed E-state index contributed by atoms with van der Waals surface area (Å²) in [6.07, 6.45) is 5.15. The molecule has 0 unspecified atom stereocenters. The second-order valence-corrected chi connectivity index (χ2v) is 4.37. The van der Waals surface area contributed by atoms with Gasteiger partial charge in [-0.1, -0.05) is 18.9 Å². The second-order valence-electron chi connectivity index (χ2n) is 4.37. The van der Waals surface area contributed by atoms with E-state index in [2.05, 4.69) is 0 Å². The number of halogens is 1. The van der Waals surface area contributed by atoms with Gasteiger partial charge in [0.1, 0.15) is 11.6 Å². The van der Waals surface area contributed by atoms with Crippen LogP contribution in [-0.2, 0) is 0 Å². The van der Waals surface area contributed by atoms with Gasteiger partial charge in [-0.25, -0.2) is 4.39 Å². The van der Waals surface area contributed by atoms with Gasteiger partial charge >= 0.3 is 0 Å². The van der Waals surface area contributed by atoms with E-state index >= 15 is 0 Å². The molecule has 1 aromatic rings. The van der Waals surface area contributed by atoms with Crippen LogP contribution in [-0.4, -0.2) is 6.61 Å². The molecular formula is C13H17FO. The van der Waals surface area contributed by atoms with E-state index in [0.717, 1.165) is 6.61 Å². The molecule has 2 heteroatoms. The maximum atomic E-state index is 13.2. The van der Waals surface area contributed by atoms with E-state index in [9.17, 15) is 4.39 Å². The first-order chi connectivity index (χ1) is 7.25. The molecule has 1 fully saturated rings. The molecule has 0 bridgehead atoms. The highest BCUT2D eigenvalue weighted by Gasteiger charge is 2.15. The number of rotatable bonds is 3. The summed E-state index contributed by atoms with van der Waals surface area (Å²) in [5.41, 5.74) is 0.670. The molecule has 0 saturated heterocycles. The summed E-state index contributed by atoms with van der Waals surface area (Å²) in [6, 6.07) is 5.08. The molecule has 82 valence electrons. The molecule has 0 amide bonds. The maximum Gasteiger partial charge on any atom is 0.129 e. The highest BCUT2D eigenvalue weighted by atomic mass is 19.1. The van der Waals surface area contributed by atoms with E-state index in [-0.39, 0.29) is 5.82 Å². The molecule has 0 N–H and O–H groups in total. The van der Waals surface area contributed by atoms with E-state index in [1.807, 2.05) is 6.07 Å². The van der Waals surface area contributed by atoms with Crippen molar-refractivity contribution in [2.24, 2.45) is 5.92 Å². The Balaban J connectivity index is 1.90. The van der Waals surface area contributed by atoms with Gasteiger partial charge in [-0.05, 0) is 37.3 Å². The first kappa shape index (κ1) is 10.5. The van der Waals surface area contributed by atoms with Crippen molar-refractivity contribution in [2.45, 2.75) is 32.6 Å². The fourth-order valence-corrected chi connectivity index (χ4v) is 2.05. The fraction of sp³-hybridized carbons (Fsp3) is 0.538. The number of ether oxygens (including phenoxy) is 1. The molecule has 1 aliphatic rings. The summed E-state index contributed by atoms with van der Waals surface area (Å²) in [4.78, 5) is 0. The van der Waals surface area contributed by atoms with Gasteiger partial charge < -0.3 is 4.74 Å². The predicted molar refractivity (Wildman–Crippen MR) is 58.6 cm³/mol. The van der Waals surface area contributed by atoms with E-state index < -0.39 is 0 Å². The zero-order valence-electron chi connectivity index (χ0n) is 9.13. The van der Waals surface area contributed by atoms with Gasteiger partial charge in [0, 0.05) is 6.07 Å². The monoisotopic (exact) mass is 208 g/mol. The minimum atomic E-state index is -0.182.